The Labute approximate surface area is 183 Å². The fourth-order valence-corrected chi connectivity index (χ4v) is 3.99. The highest BCUT2D eigenvalue weighted by Crippen LogP contribution is 2.27. The number of benzene rings is 1. The van der Waals surface area contributed by atoms with Gasteiger partial charge in [-0.1, -0.05) is 0 Å². The van der Waals surface area contributed by atoms with Gasteiger partial charge in [-0.25, -0.2) is 0 Å². The molecule has 8 heteroatoms. The van der Waals surface area contributed by atoms with Crippen molar-refractivity contribution in [3.8, 4) is 0 Å². The van der Waals surface area contributed by atoms with E-state index in [2.05, 4.69) is 15.5 Å². The molecule has 0 aromatic heterocycles. The summed E-state index contributed by atoms with van der Waals surface area (Å²) in [6.45, 7) is 5.08. The van der Waals surface area contributed by atoms with E-state index in [1.54, 1.807) is 13.0 Å². The molecule has 1 atom stereocenters. The van der Waals surface area contributed by atoms with Gasteiger partial charge in [0.15, 0.2) is 0 Å². The summed E-state index contributed by atoms with van der Waals surface area (Å²) in [6.07, 6.45) is 5.50. The van der Waals surface area contributed by atoms with Crippen LogP contribution in [-0.2, 0) is 19.1 Å². The van der Waals surface area contributed by atoms with Crippen LogP contribution in [0.4, 0.5) is 11.4 Å². The SMILES string of the molecule is CCOC(=O)CCC(=O)Nc1ccc(N2CCCCC2)c(C(=O)NC[C@@H]2CCCO2)c1. The average molecular weight is 432 g/mol. The van der Waals surface area contributed by atoms with Gasteiger partial charge in [0.05, 0.1) is 24.7 Å². The molecule has 2 fully saturated rings. The van der Waals surface area contributed by atoms with Gasteiger partial charge in [-0.3, -0.25) is 14.4 Å². The number of rotatable bonds is 9. The van der Waals surface area contributed by atoms with Crippen LogP contribution >= 0.6 is 0 Å². The Morgan fingerprint density at radius 2 is 1.94 bits per heavy atom. The van der Waals surface area contributed by atoms with E-state index in [1.807, 2.05) is 12.1 Å². The van der Waals surface area contributed by atoms with Crippen molar-refractivity contribution in [2.75, 3.05) is 43.1 Å². The van der Waals surface area contributed by atoms with Crippen LogP contribution in [0, 0.1) is 0 Å². The van der Waals surface area contributed by atoms with Crippen molar-refractivity contribution in [1.82, 2.24) is 5.32 Å². The topological polar surface area (TPSA) is 97.0 Å². The molecule has 2 heterocycles. The number of hydrogen-bond acceptors (Lipinski definition) is 6. The quantitative estimate of drug-likeness (QED) is 0.584. The number of hydrogen-bond donors (Lipinski definition) is 2. The molecular formula is C23H33N3O5. The second kappa shape index (κ2) is 11.7. The predicted octanol–water partition coefficient (Wildman–Crippen LogP) is 2.87. The Balaban J connectivity index is 1.68. The van der Waals surface area contributed by atoms with Gasteiger partial charge < -0.3 is 25.0 Å². The summed E-state index contributed by atoms with van der Waals surface area (Å²) in [7, 11) is 0. The lowest BCUT2D eigenvalue weighted by molar-refractivity contribution is -0.144. The smallest absolute Gasteiger partial charge is 0.306 e. The lowest BCUT2D eigenvalue weighted by atomic mass is 10.1. The van der Waals surface area contributed by atoms with Crippen LogP contribution in [-0.4, -0.2) is 56.7 Å². The molecule has 8 nitrogen and oxygen atoms in total. The molecular weight excluding hydrogens is 398 g/mol. The van der Waals surface area contributed by atoms with Crippen LogP contribution in [0.2, 0.25) is 0 Å². The molecule has 0 aliphatic carbocycles. The van der Waals surface area contributed by atoms with Crippen LogP contribution in [0.15, 0.2) is 18.2 Å². The van der Waals surface area contributed by atoms with Crippen molar-refractivity contribution in [1.29, 1.82) is 0 Å². The maximum absolute atomic E-state index is 13.0. The van der Waals surface area contributed by atoms with Gasteiger partial charge in [0.2, 0.25) is 5.91 Å². The summed E-state index contributed by atoms with van der Waals surface area (Å²) >= 11 is 0. The van der Waals surface area contributed by atoms with Crippen LogP contribution in [0.1, 0.15) is 62.2 Å². The summed E-state index contributed by atoms with van der Waals surface area (Å²) in [4.78, 5) is 39.0. The third kappa shape index (κ3) is 6.95. The molecule has 1 aromatic carbocycles. The number of carbonyl (C=O) groups is 3. The van der Waals surface area contributed by atoms with Gasteiger partial charge in [-0.15, -0.1) is 0 Å². The van der Waals surface area contributed by atoms with E-state index in [-0.39, 0.29) is 30.8 Å². The molecule has 2 aliphatic rings. The minimum Gasteiger partial charge on any atom is -0.466 e. The van der Waals surface area contributed by atoms with Crippen LogP contribution in [0.3, 0.4) is 0 Å². The molecule has 0 unspecified atom stereocenters. The number of ether oxygens (including phenoxy) is 2. The molecule has 170 valence electrons. The maximum atomic E-state index is 13.0. The highest BCUT2D eigenvalue weighted by atomic mass is 16.5. The summed E-state index contributed by atoms with van der Waals surface area (Å²) < 4.78 is 10.5. The standard InChI is InChI=1S/C23H33N3O5/c1-2-30-22(28)11-10-21(27)25-17-8-9-20(26-12-4-3-5-13-26)19(15-17)23(29)24-16-18-7-6-14-31-18/h8-9,15,18H,2-7,10-14,16H2,1H3,(H,24,29)(H,25,27)/t18-/m0/s1. The molecule has 0 radical (unpaired) electrons. The lowest BCUT2D eigenvalue weighted by Gasteiger charge is -2.30. The maximum Gasteiger partial charge on any atom is 0.306 e. The normalized spacial score (nSPS) is 18.5. The Morgan fingerprint density at radius 3 is 2.65 bits per heavy atom. The monoisotopic (exact) mass is 431 g/mol. The molecule has 2 aliphatic heterocycles. The highest BCUT2D eigenvalue weighted by molar-refractivity contribution is 6.02. The van der Waals surface area contributed by atoms with E-state index in [0.717, 1.165) is 51.1 Å². The van der Waals surface area contributed by atoms with Crippen molar-refractivity contribution >= 4 is 29.2 Å². The van der Waals surface area contributed by atoms with E-state index in [1.165, 1.54) is 6.42 Å². The van der Waals surface area contributed by atoms with Gasteiger partial charge in [0.25, 0.3) is 5.91 Å². The molecule has 31 heavy (non-hydrogen) atoms. The molecule has 3 rings (SSSR count). The molecule has 0 saturated carbocycles. The second-order valence-electron chi connectivity index (χ2n) is 7.98. The Kier molecular flexibility index (Phi) is 8.70. The zero-order valence-electron chi connectivity index (χ0n) is 18.3. The van der Waals surface area contributed by atoms with E-state index in [0.29, 0.717) is 24.4 Å². The van der Waals surface area contributed by atoms with Crippen molar-refractivity contribution in [3.05, 3.63) is 23.8 Å². The fraction of sp³-hybridized carbons (Fsp3) is 0.609. The molecule has 1 aromatic rings. The van der Waals surface area contributed by atoms with Crippen LogP contribution in [0.5, 0.6) is 0 Å². The van der Waals surface area contributed by atoms with Gasteiger partial charge in [0, 0.05) is 44.0 Å². The Hall–Kier alpha value is -2.61. The Bertz CT molecular complexity index is 770. The van der Waals surface area contributed by atoms with Gasteiger partial charge in [-0.2, -0.15) is 0 Å². The van der Waals surface area contributed by atoms with E-state index < -0.39 is 5.97 Å². The summed E-state index contributed by atoms with van der Waals surface area (Å²) in [5.74, 6) is -0.851. The van der Waals surface area contributed by atoms with E-state index in [4.69, 9.17) is 9.47 Å². The van der Waals surface area contributed by atoms with Gasteiger partial charge in [0.1, 0.15) is 0 Å². The molecule has 0 spiro atoms. The molecule has 0 bridgehead atoms. The first-order valence-corrected chi connectivity index (χ1v) is 11.3. The first-order chi connectivity index (χ1) is 15.1. The first-order valence-electron chi connectivity index (χ1n) is 11.3. The van der Waals surface area contributed by atoms with Crippen LogP contribution in [0.25, 0.3) is 0 Å². The molecule has 2 saturated heterocycles. The first kappa shape index (κ1) is 23.1. The highest BCUT2D eigenvalue weighted by Gasteiger charge is 2.22. The number of amides is 2. The predicted molar refractivity (Wildman–Crippen MR) is 118 cm³/mol. The summed E-state index contributed by atoms with van der Waals surface area (Å²) in [6, 6.07) is 5.42. The number of anilines is 2. The average Bonchev–Trinajstić information content (AvgIpc) is 3.30. The fourth-order valence-electron chi connectivity index (χ4n) is 3.99. The third-order valence-corrected chi connectivity index (χ3v) is 5.60. The summed E-state index contributed by atoms with van der Waals surface area (Å²) in [5, 5.41) is 5.78. The number of nitrogens with one attached hydrogen (secondary N) is 2. The second-order valence-corrected chi connectivity index (χ2v) is 7.98. The summed E-state index contributed by atoms with van der Waals surface area (Å²) in [5.41, 5.74) is 1.97. The minimum absolute atomic E-state index is 0.0280. The zero-order valence-corrected chi connectivity index (χ0v) is 18.3. The van der Waals surface area contributed by atoms with E-state index >= 15 is 0 Å². The van der Waals surface area contributed by atoms with Crippen molar-refractivity contribution < 1.29 is 23.9 Å². The van der Waals surface area contributed by atoms with Crippen molar-refractivity contribution in [2.24, 2.45) is 0 Å². The van der Waals surface area contributed by atoms with E-state index in [9.17, 15) is 14.4 Å². The number of piperidine rings is 1. The number of nitrogens with zero attached hydrogens (tertiary/aromatic N) is 1. The minimum atomic E-state index is -0.396. The van der Waals surface area contributed by atoms with Crippen LogP contribution < -0.4 is 15.5 Å². The van der Waals surface area contributed by atoms with Gasteiger partial charge in [-0.05, 0) is 57.2 Å². The largest absolute Gasteiger partial charge is 0.466 e. The number of esters is 1. The number of carbonyl (C=O) groups excluding carboxylic acids is 3. The zero-order chi connectivity index (χ0) is 22.1. The van der Waals surface area contributed by atoms with Crippen molar-refractivity contribution in [3.63, 3.8) is 0 Å². The third-order valence-electron chi connectivity index (χ3n) is 5.60. The van der Waals surface area contributed by atoms with Crippen molar-refractivity contribution in [2.45, 2.75) is 58.0 Å². The Morgan fingerprint density at radius 1 is 1.13 bits per heavy atom. The van der Waals surface area contributed by atoms with Gasteiger partial charge >= 0.3 is 5.97 Å². The molecule has 2 amide bonds. The lowest BCUT2D eigenvalue weighted by Crippen LogP contribution is -2.35. The molecule has 2 N–H and O–H groups in total.